The molecule has 0 heterocycles. The van der Waals surface area contributed by atoms with Gasteiger partial charge in [-0.2, -0.15) is 0 Å². The number of methoxy groups -OCH3 is 2. The lowest BCUT2D eigenvalue weighted by Crippen LogP contribution is -2.38. The molecule has 1 N–H and O–H groups in total. The molecule has 0 saturated heterocycles. The van der Waals surface area contributed by atoms with E-state index in [1.807, 2.05) is 6.92 Å². The number of carbonyl (C=O) groups excluding carboxylic acids is 1. The number of rotatable bonds is 10. The van der Waals surface area contributed by atoms with Crippen LogP contribution in [-0.4, -0.2) is 41.7 Å². The second-order valence-electron chi connectivity index (χ2n) is 6.87. The number of amides is 1. The van der Waals surface area contributed by atoms with E-state index in [-0.39, 0.29) is 4.90 Å². The monoisotopic (exact) mass is 470 g/mol. The van der Waals surface area contributed by atoms with Crippen LogP contribution in [-0.2, 0) is 14.8 Å². The molecule has 0 aliphatic rings. The highest BCUT2D eigenvalue weighted by atomic mass is 32.2. The molecule has 3 aromatic carbocycles. The molecule has 0 bridgehead atoms. The van der Waals surface area contributed by atoms with Gasteiger partial charge in [-0.3, -0.25) is 9.10 Å². The Hall–Kier alpha value is -3.72. The first-order valence-electron chi connectivity index (χ1n) is 10.2. The fraction of sp³-hybridized carbons (Fsp3) is 0.208. The predicted octanol–water partition coefficient (Wildman–Crippen LogP) is 3.94. The largest absolute Gasteiger partial charge is 0.497 e. The van der Waals surface area contributed by atoms with Gasteiger partial charge in [0.2, 0.25) is 5.91 Å². The van der Waals surface area contributed by atoms with Crippen molar-refractivity contribution in [2.24, 2.45) is 0 Å². The number of anilines is 2. The molecule has 0 atom stereocenters. The van der Waals surface area contributed by atoms with Gasteiger partial charge in [-0.25, -0.2) is 8.42 Å². The lowest BCUT2D eigenvalue weighted by molar-refractivity contribution is -0.114. The van der Waals surface area contributed by atoms with Crippen LogP contribution in [0, 0.1) is 0 Å². The Morgan fingerprint density at radius 1 is 0.909 bits per heavy atom. The van der Waals surface area contributed by atoms with Crippen molar-refractivity contribution in [1.29, 1.82) is 0 Å². The summed E-state index contributed by atoms with van der Waals surface area (Å²) in [6.45, 7) is 1.87. The molecule has 0 saturated carbocycles. The Balaban J connectivity index is 1.91. The summed E-state index contributed by atoms with van der Waals surface area (Å²) in [7, 11) is -1.06. The second kappa shape index (κ2) is 10.7. The van der Waals surface area contributed by atoms with Gasteiger partial charge in [-0.1, -0.05) is 18.2 Å². The van der Waals surface area contributed by atoms with E-state index in [2.05, 4.69) is 5.32 Å². The maximum atomic E-state index is 13.5. The molecule has 0 unspecified atom stereocenters. The Labute approximate surface area is 193 Å². The number of para-hydroxylation sites is 1. The molecule has 0 aromatic heterocycles. The quantitative estimate of drug-likeness (QED) is 0.482. The van der Waals surface area contributed by atoms with Crippen LogP contribution in [0.3, 0.4) is 0 Å². The van der Waals surface area contributed by atoms with Gasteiger partial charge >= 0.3 is 0 Å². The number of benzene rings is 3. The van der Waals surface area contributed by atoms with E-state index in [1.54, 1.807) is 60.7 Å². The molecule has 9 heteroatoms. The summed E-state index contributed by atoms with van der Waals surface area (Å²) in [6, 6.07) is 19.5. The van der Waals surface area contributed by atoms with Gasteiger partial charge in [0.25, 0.3) is 10.0 Å². The van der Waals surface area contributed by atoms with E-state index < -0.39 is 22.5 Å². The summed E-state index contributed by atoms with van der Waals surface area (Å²) in [5.41, 5.74) is 0.729. The van der Waals surface area contributed by atoms with Crippen molar-refractivity contribution in [3.63, 3.8) is 0 Å². The number of sulfonamides is 1. The third-order valence-corrected chi connectivity index (χ3v) is 6.52. The summed E-state index contributed by atoms with van der Waals surface area (Å²) >= 11 is 0. The summed E-state index contributed by atoms with van der Waals surface area (Å²) in [5, 5.41) is 2.72. The summed E-state index contributed by atoms with van der Waals surface area (Å²) < 4.78 is 43.9. The third-order valence-electron chi connectivity index (χ3n) is 4.73. The van der Waals surface area contributed by atoms with Crippen LogP contribution >= 0.6 is 0 Å². The normalized spacial score (nSPS) is 10.9. The van der Waals surface area contributed by atoms with Gasteiger partial charge < -0.3 is 19.5 Å². The van der Waals surface area contributed by atoms with Gasteiger partial charge in [0, 0.05) is 6.07 Å². The zero-order valence-corrected chi connectivity index (χ0v) is 19.5. The van der Waals surface area contributed by atoms with Crippen LogP contribution in [0.25, 0.3) is 0 Å². The van der Waals surface area contributed by atoms with E-state index in [1.165, 1.54) is 26.4 Å². The molecule has 0 aliphatic heterocycles. The van der Waals surface area contributed by atoms with Gasteiger partial charge in [0.05, 0.1) is 37.1 Å². The molecule has 0 spiro atoms. The van der Waals surface area contributed by atoms with Crippen LogP contribution in [0.2, 0.25) is 0 Å². The summed E-state index contributed by atoms with van der Waals surface area (Å²) in [5.74, 6) is 0.961. The van der Waals surface area contributed by atoms with Crippen molar-refractivity contribution in [1.82, 2.24) is 0 Å². The number of nitrogens with zero attached hydrogens (tertiary/aromatic N) is 1. The number of carbonyl (C=O) groups is 1. The second-order valence-corrected chi connectivity index (χ2v) is 8.73. The molecule has 0 fully saturated rings. The molecule has 174 valence electrons. The molecule has 33 heavy (non-hydrogen) atoms. The summed E-state index contributed by atoms with van der Waals surface area (Å²) in [6.07, 6.45) is 0. The van der Waals surface area contributed by atoms with Crippen molar-refractivity contribution < 1.29 is 27.4 Å². The van der Waals surface area contributed by atoms with Crippen molar-refractivity contribution in [2.45, 2.75) is 11.8 Å². The zero-order chi connectivity index (χ0) is 23.8. The topological polar surface area (TPSA) is 94.2 Å². The Bertz CT molecular complexity index is 1180. The molecular weight excluding hydrogens is 444 g/mol. The first-order valence-corrected chi connectivity index (χ1v) is 11.7. The van der Waals surface area contributed by atoms with Crippen molar-refractivity contribution in [2.75, 3.05) is 37.0 Å². The standard InChI is InChI=1S/C24H26N2O6S/c1-4-32-19-10-13-21(14-11-19)33(28,29)26(18-8-6-5-7-9-18)17-24(27)25-22-16-20(30-2)12-15-23(22)31-3/h5-16H,4,17H2,1-3H3,(H,25,27). The highest BCUT2D eigenvalue weighted by Crippen LogP contribution is 2.30. The van der Waals surface area contributed by atoms with Crippen LogP contribution in [0.15, 0.2) is 77.7 Å². The van der Waals surface area contributed by atoms with Crippen LogP contribution < -0.4 is 23.8 Å². The van der Waals surface area contributed by atoms with Crippen LogP contribution in [0.4, 0.5) is 11.4 Å². The summed E-state index contributed by atoms with van der Waals surface area (Å²) in [4.78, 5) is 13.0. The molecule has 0 aliphatic carbocycles. The highest BCUT2D eigenvalue weighted by molar-refractivity contribution is 7.92. The Kier molecular flexibility index (Phi) is 7.78. The molecule has 3 rings (SSSR count). The van der Waals surface area contributed by atoms with Gasteiger partial charge in [-0.15, -0.1) is 0 Å². The lowest BCUT2D eigenvalue weighted by atomic mass is 10.2. The Morgan fingerprint density at radius 2 is 1.58 bits per heavy atom. The number of hydrogen-bond donors (Lipinski definition) is 1. The minimum absolute atomic E-state index is 0.0431. The van der Waals surface area contributed by atoms with E-state index in [0.29, 0.717) is 35.2 Å². The maximum Gasteiger partial charge on any atom is 0.264 e. The van der Waals surface area contributed by atoms with E-state index in [9.17, 15) is 13.2 Å². The number of nitrogens with one attached hydrogen (secondary N) is 1. The van der Waals surface area contributed by atoms with Gasteiger partial charge in [0.1, 0.15) is 23.8 Å². The lowest BCUT2D eigenvalue weighted by Gasteiger charge is -2.24. The van der Waals surface area contributed by atoms with Gasteiger partial charge in [-0.05, 0) is 55.5 Å². The Morgan fingerprint density at radius 3 is 2.18 bits per heavy atom. The van der Waals surface area contributed by atoms with E-state index >= 15 is 0 Å². The van der Waals surface area contributed by atoms with Gasteiger partial charge in [0.15, 0.2) is 0 Å². The third kappa shape index (κ3) is 5.75. The molecular formula is C24H26N2O6S. The SMILES string of the molecule is CCOc1ccc(S(=O)(=O)N(CC(=O)Nc2cc(OC)ccc2OC)c2ccccc2)cc1. The number of ether oxygens (including phenoxy) is 3. The molecule has 3 aromatic rings. The first-order chi connectivity index (χ1) is 15.9. The van der Waals surface area contributed by atoms with E-state index in [0.717, 1.165) is 4.31 Å². The maximum absolute atomic E-state index is 13.5. The smallest absolute Gasteiger partial charge is 0.264 e. The average Bonchev–Trinajstić information content (AvgIpc) is 2.83. The number of hydrogen-bond acceptors (Lipinski definition) is 6. The van der Waals surface area contributed by atoms with Crippen molar-refractivity contribution in [3.8, 4) is 17.2 Å². The highest BCUT2D eigenvalue weighted by Gasteiger charge is 2.27. The minimum Gasteiger partial charge on any atom is -0.497 e. The average molecular weight is 471 g/mol. The predicted molar refractivity (Wildman–Crippen MR) is 127 cm³/mol. The molecule has 1 amide bonds. The fourth-order valence-electron chi connectivity index (χ4n) is 3.14. The minimum atomic E-state index is -4.04. The first kappa shape index (κ1) is 23.9. The van der Waals surface area contributed by atoms with Crippen LogP contribution in [0.1, 0.15) is 6.92 Å². The molecule has 8 nitrogen and oxygen atoms in total. The fourth-order valence-corrected chi connectivity index (χ4v) is 4.56. The zero-order valence-electron chi connectivity index (χ0n) is 18.6. The molecule has 0 radical (unpaired) electrons. The van der Waals surface area contributed by atoms with Crippen molar-refractivity contribution >= 4 is 27.3 Å². The van der Waals surface area contributed by atoms with Crippen LogP contribution in [0.5, 0.6) is 17.2 Å². The van der Waals surface area contributed by atoms with E-state index in [4.69, 9.17) is 14.2 Å². The van der Waals surface area contributed by atoms with Crippen molar-refractivity contribution in [3.05, 3.63) is 72.8 Å².